The van der Waals surface area contributed by atoms with Gasteiger partial charge in [0.05, 0.1) is 22.1 Å². The highest BCUT2D eigenvalue weighted by Crippen LogP contribution is 2.37. The molecule has 0 fully saturated rings. The molecule has 0 aliphatic heterocycles. The number of nitrogens with one attached hydrogen (secondary N) is 2. The lowest BCUT2D eigenvalue weighted by Gasteiger charge is -2.16. The zero-order chi connectivity index (χ0) is 23.0. The lowest BCUT2D eigenvalue weighted by Crippen LogP contribution is -2.15. The number of benzene rings is 3. The van der Waals surface area contributed by atoms with Gasteiger partial charge in [0.2, 0.25) is 0 Å². The molecule has 4 rings (SSSR count). The number of H-pyrrole nitrogens is 1. The minimum atomic E-state index is 0.498. The summed E-state index contributed by atoms with van der Waals surface area (Å²) >= 11 is 3.68. The summed E-state index contributed by atoms with van der Waals surface area (Å²) in [6.45, 7) is 6.82. The van der Waals surface area contributed by atoms with E-state index in [0.717, 1.165) is 69.9 Å². The maximum absolute atomic E-state index is 6.12. The molecular weight excluding hydrogens is 478 g/mol. The minimum absolute atomic E-state index is 0.498. The van der Waals surface area contributed by atoms with Gasteiger partial charge in [-0.2, -0.15) is 0 Å². The first-order valence-electron chi connectivity index (χ1n) is 11.4. The molecule has 0 spiro atoms. The number of hydrogen-bond donors (Lipinski definition) is 2. The number of ether oxygens (including phenoxy) is 2. The molecule has 6 heteroatoms. The third kappa shape index (κ3) is 6.36. The molecule has 0 radical (unpaired) electrons. The van der Waals surface area contributed by atoms with Crippen molar-refractivity contribution in [3.63, 3.8) is 0 Å². The third-order valence-corrected chi connectivity index (χ3v) is 6.00. The molecule has 172 valence electrons. The molecule has 0 bridgehead atoms. The molecule has 0 saturated heterocycles. The van der Waals surface area contributed by atoms with Crippen molar-refractivity contribution in [2.45, 2.75) is 39.8 Å². The van der Waals surface area contributed by atoms with E-state index in [2.05, 4.69) is 80.6 Å². The summed E-state index contributed by atoms with van der Waals surface area (Å²) in [5.74, 6) is 2.54. The quantitative estimate of drug-likeness (QED) is 0.232. The summed E-state index contributed by atoms with van der Waals surface area (Å²) in [5.41, 5.74) is 5.64. The number of aromatic nitrogens is 2. The van der Waals surface area contributed by atoms with Crippen molar-refractivity contribution in [3.05, 3.63) is 87.7 Å². The average Bonchev–Trinajstić information content (AvgIpc) is 3.22. The highest BCUT2D eigenvalue weighted by molar-refractivity contribution is 9.10. The summed E-state index contributed by atoms with van der Waals surface area (Å²) in [7, 11) is 0. The van der Waals surface area contributed by atoms with Gasteiger partial charge in [-0.15, -0.1) is 0 Å². The molecule has 0 amide bonds. The molecule has 1 aromatic heterocycles. The number of para-hydroxylation sites is 2. The Bertz CT molecular complexity index is 1150. The predicted molar refractivity (Wildman–Crippen MR) is 137 cm³/mol. The Morgan fingerprint density at radius 1 is 1.00 bits per heavy atom. The molecule has 5 nitrogen and oxygen atoms in total. The van der Waals surface area contributed by atoms with E-state index in [-0.39, 0.29) is 0 Å². The second-order valence-corrected chi connectivity index (χ2v) is 8.95. The first-order valence-corrected chi connectivity index (χ1v) is 12.2. The van der Waals surface area contributed by atoms with Crippen LogP contribution in [0.4, 0.5) is 0 Å². The Hall–Kier alpha value is -2.83. The van der Waals surface area contributed by atoms with Gasteiger partial charge in [0.15, 0.2) is 11.5 Å². The maximum Gasteiger partial charge on any atom is 0.175 e. The standard InChI is InChI=1S/C27H30BrN3O2/c1-3-32-25-16-21(15-22(28)27(25)33-18-20-12-10-19(2)11-13-20)17-29-14-6-9-26-30-23-7-4-5-8-24(23)31-26/h4-5,7-8,10-13,15-16,29H,3,6,9,14,17-18H2,1-2H3,(H,30,31). The van der Waals surface area contributed by atoms with Crippen LogP contribution in [0.5, 0.6) is 11.5 Å². The Balaban J connectivity index is 1.31. The van der Waals surface area contributed by atoms with E-state index in [9.17, 15) is 0 Å². The monoisotopic (exact) mass is 507 g/mol. The Labute approximate surface area is 203 Å². The van der Waals surface area contributed by atoms with Crippen LogP contribution in [-0.2, 0) is 19.6 Å². The van der Waals surface area contributed by atoms with Crippen LogP contribution in [0.1, 0.15) is 35.9 Å². The molecule has 0 saturated carbocycles. The lowest BCUT2D eigenvalue weighted by atomic mass is 10.1. The first kappa shape index (κ1) is 23.3. The summed E-state index contributed by atoms with van der Waals surface area (Å²) in [6, 6.07) is 20.7. The second-order valence-electron chi connectivity index (χ2n) is 8.09. The van der Waals surface area contributed by atoms with Gasteiger partial charge in [0.25, 0.3) is 0 Å². The molecule has 0 aliphatic carbocycles. The molecule has 2 N–H and O–H groups in total. The number of aryl methyl sites for hydroxylation is 2. The van der Waals surface area contributed by atoms with Gasteiger partial charge in [-0.3, -0.25) is 0 Å². The zero-order valence-corrected chi connectivity index (χ0v) is 20.7. The van der Waals surface area contributed by atoms with Crippen LogP contribution < -0.4 is 14.8 Å². The topological polar surface area (TPSA) is 59.2 Å². The van der Waals surface area contributed by atoms with E-state index < -0.39 is 0 Å². The fraction of sp³-hybridized carbons (Fsp3) is 0.296. The summed E-state index contributed by atoms with van der Waals surface area (Å²) in [4.78, 5) is 8.04. The van der Waals surface area contributed by atoms with Crippen LogP contribution in [0.2, 0.25) is 0 Å². The maximum atomic E-state index is 6.12. The second kappa shape index (κ2) is 11.3. The van der Waals surface area contributed by atoms with Crippen molar-refractivity contribution in [1.82, 2.24) is 15.3 Å². The highest BCUT2D eigenvalue weighted by Gasteiger charge is 2.13. The average molecular weight is 508 g/mol. The summed E-state index contributed by atoms with van der Waals surface area (Å²) < 4.78 is 12.9. The number of nitrogens with zero attached hydrogens (tertiary/aromatic N) is 1. The highest BCUT2D eigenvalue weighted by atomic mass is 79.9. The van der Waals surface area contributed by atoms with Crippen molar-refractivity contribution in [2.75, 3.05) is 13.2 Å². The van der Waals surface area contributed by atoms with Gasteiger partial charge in [-0.25, -0.2) is 4.98 Å². The van der Waals surface area contributed by atoms with Crippen LogP contribution in [0.3, 0.4) is 0 Å². The molecule has 0 unspecified atom stereocenters. The fourth-order valence-corrected chi connectivity index (χ4v) is 4.31. The normalized spacial score (nSPS) is 11.1. The minimum Gasteiger partial charge on any atom is -0.490 e. The fourth-order valence-electron chi connectivity index (χ4n) is 3.70. The SMILES string of the molecule is CCOc1cc(CNCCCc2nc3ccccc3[nH]2)cc(Br)c1OCc1ccc(C)cc1. The van der Waals surface area contributed by atoms with Gasteiger partial charge in [0.1, 0.15) is 12.4 Å². The van der Waals surface area contributed by atoms with E-state index in [0.29, 0.717) is 13.2 Å². The van der Waals surface area contributed by atoms with E-state index in [1.165, 1.54) is 5.56 Å². The van der Waals surface area contributed by atoms with Crippen LogP contribution >= 0.6 is 15.9 Å². The van der Waals surface area contributed by atoms with Crippen molar-refractivity contribution in [2.24, 2.45) is 0 Å². The lowest BCUT2D eigenvalue weighted by molar-refractivity contribution is 0.267. The van der Waals surface area contributed by atoms with Crippen LogP contribution in [0.25, 0.3) is 11.0 Å². The molecule has 4 aromatic rings. The number of aromatic amines is 1. The molecule has 0 aliphatic rings. The van der Waals surface area contributed by atoms with E-state index >= 15 is 0 Å². The molecular formula is C27H30BrN3O2. The predicted octanol–water partition coefficient (Wildman–Crippen LogP) is 6.33. The first-order chi connectivity index (χ1) is 16.1. The Morgan fingerprint density at radius 2 is 1.82 bits per heavy atom. The van der Waals surface area contributed by atoms with Gasteiger partial charge < -0.3 is 19.8 Å². The third-order valence-electron chi connectivity index (χ3n) is 5.41. The largest absolute Gasteiger partial charge is 0.490 e. The van der Waals surface area contributed by atoms with Crippen LogP contribution in [0, 0.1) is 6.92 Å². The molecule has 3 aromatic carbocycles. The number of halogens is 1. The molecule has 1 heterocycles. The number of hydrogen-bond acceptors (Lipinski definition) is 4. The van der Waals surface area contributed by atoms with Crippen LogP contribution in [0.15, 0.2) is 65.1 Å². The number of fused-ring (bicyclic) bond motifs is 1. The smallest absolute Gasteiger partial charge is 0.175 e. The van der Waals surface area contributed by atoms with E-state index in [1.807, 2.05) is 25.1 Å². The zero-order valence-electron chi connectivity index (χ0n) is 19.2. The summed E-state index contributed by atoms with van der Waals surface area (Å²) in [5, 5.41) is 3.53. The van der Waals surface area contributed by atoms with Crippen molar-refractivity contribution >= 4 is 27.0 Å². The Kier molecular flexibility index (Phi) is 8.02. The number of rotatable bonds is 11. The summed E-state index contributed by atoms with van der Waals surface area (Å²) in [6.07, 6.45) is 1.93. The van der Waals surface area contributed by atoms with Gasteiger partial charge in [-0.1, -0.05) is 42.0 Å². The molecule has 0 atom stereocenters. The van der Waals surface area contributed by atoms with Crippen molar-refractivity contribution < 1.29 is 9.47 Å². The number of imidazole rings is 1. The van der Waals surface area contributed by atoms with Crippen LogP contribution in [-0.4, -0.2) is 23.1 Å². The van der Waals surface area contributed by atoms with Crippen molar-refractivity contribution in [1.29, 1.82) is 0 Å². The van der Waals surface area contributed by atoms with Gasteiger partial charge >= 0.3 is 0 Å². The van der Waals surface area contributed by atoms with Crippen molar-refractivity contribution in [3.8, 4) is 11.5 Å². The van der Waals surface area contributed by atoms with Gasteiger partial charge in [0, 0.05) is 13.0 Å². The Morgan fingerprint density at radius 3 is 2.61 bits per heavy atom. The van der Waals surface area contributed by atoms with E-state index in [4.69, 9.17) is 9.47 Å². The molecule has 33 heavy (non-hydrogen) atoms. The van der Waals surface area contributed by atoms with Gasteiger partial charge in [-0.05, 0) is 78.1 Å². The van der Waals surface area contributed by atoms with E-state index in [1.54, 1.807) is 0 Å².